The van der Waals surface area contributed by atoms with E-state index in [0.717, 1.165) is 29.6 Å². The second kappa shape index (κ2) is 7.92. The molecule has 0 radical (unpaired) electrons. The molecule has 2 N–H and O–H groups in total. The van der Waals surface area contributed by atoms with Crippen molar-refractivity contribution in [3.05, 3.63) is 65.4 Å². The highest BCUT2D eigenvalue weighted by Gasteiger charge is 2.23. The molecule has 140 valence electrons. The van der Waals surface area contributed by atoms with Crippen molar-refractivity contribution < 1.29 is 4.79 Å². The van der Waals surface area contributed by atoms with E-state index in [1.807, 2.05) is 18.2 Å². The molecule has 0 spiro atoms. The maximum absolute atomic E-state index is 12.5. The summed E-state index contributed by atoms with van der Waals surface area (Å²) in [6, 6.07) is 14.9. The number of hydrogen-bond acceptors (Lipinski definition) is 3. The van der Waals surface area contributed by atoms with Crippen molar-refractivity contribution >= 4 is 16.8 Å². The monoisotopic (exact) mass is 362 g/mol. The van der Waals surface area contributed by atoms with Gasteiger partial charge in [-0.25, -0.2) is 0 Å². The predicted octanol–water partition coefficient (Wildman–Crippen LogP) is 3.37. The van der Waals surface area contributed by atoms with Crippen molar-refractivity contribution in [3.8, 4) is 0 Å². The van der Waals surface area contributed by atoms with Crippen molar-refractivity contribution in [1.29, 1.82) is 0 Å². The largest absolute Gasteiger partial charge is 0.354 e. The van der Waals surface area contributed by atoms with Gasteiger partial charge in [0.15, 0.2) is 0 Å². The van der Waals surface area contributed by atoms with E-state index < -0.39 is 0 Å². The lowest BCUT2D eigenvalue weighted by Crippen LogP contribution is -2.37. The zero-order valence-corrected chi connectivity index (χ0v) is 15.7. The van der Waals surface area contributed by atoms with Gasteiger partial charge in [0.25, 0.3) is 0 Å². The Morgan fingerprint density at radius 2 is 1.96 bits per heavy atom. The highest BCUT2D eigenvalue weighted by Crippen LogP contribution is 2.25. The molecule has 0 bridgehead atoms. The summed E-state index contributed by atoms with van der Waals surface area (Å²) in [5.74, 6) is 0.0640. The van der Waals surface area contributed by atoms with Crippen LogP contribution in [0.2, 0.25) is 0 Å². The van der Waals surface area contributed by atoms with Crippen LogP contribution in [-0.4, -0.2) is 40.6 Å². The van der Waals surface area contributed by atoms with E-state index in [-0.39, 0.29) is 11.9 Å². The number of carbonyl (C=O) groups is 1. The first-order valence-corrected chi connectivity index (χ1v) is 9.68. The third-order valence-electron chi connectivity index (χ3n) is 5.41. The summed E-state index contributed by atoms with van der Waals surface area (Å²) in [5.41, 5.74) is 4.54. The number of nitrogens with one attached hydrogen (secondary N) is 2. The predicted molar refractivity (Wildman–Crippen MR) is 108 cm³/mol. The lowest BCUT2D eigenvalue weighted by Gasteiger charge is -2.28. The molecular weight excluding hydrogens is 336 g/mol. The van der Waals surface area contributed by atoms with Gasteiger partial charge in [0.2, 0.25) is 5.91 Å². The number of nitrogens with zero attached hydrogens (tertiary/aromatic N) is 2. The van der Waals surface area contributed by atoms with E-state index >= 15 is 0 Å². The fraction of sp³-hybridized carbons (Fsp3) is 0.364. The van der Waals surface area contributed by atoms with Crippen LogP contribution in [0.5, 0.6) is 0 Å². The number of aromatic amines is 1. The first-order chi connectivity index (χ1) is 13.2. The normalized spacial score (nSPS) is 15.9. The molecule has 5 heteroatoms. The number of fused-ring (bicyclic) bond motifs is 1. The van der Waals surface area contributed by atoms with Crippen LogP contribution in [0.3, 0.4) is 0 Å². The van der Waals surface area contributed by atoms with E-state index in [2.05, 4.69) is 51.6 Å². The quantitative estimate of drug-likeness (QED) is 0.707. The van der Waals surface area contributed by atoms with Crippen LogP contribution in [0.25, 0.3) is 10.9 Å². The zero-order chi connectivity index (χ0) is 18.6. The topological polar surface area (TPSA) is 61.0 Å². The molecule has 4 rings (SSSR count). The molecule has 1 amide bonds. The van der Waals surface area contributed by atoms with E-state index in [0.29, 0.717) is 13.0 Å². The van der Waals surface area contributed by atoms with Crippen LogP contribution in [-0.2, 0) is 11.2 Å². The third-order valence-corrected chi connectivity index (χ3v) is 5.41. The minimum atomic E-state index is 0.0640. The molecule has 1 unspecified atom stereocenters. The van der Waals surface area contributed by atoms with Gasteiger partial charge in [-0.1, -0.05) is 35.9 Å². The number of amides is 1. The number of aromatic nitrogens is 2. The van der Waals surface area contributed by atoms with Gasteiger partial charge in [0, 0.05) is 11.9 Å². The third kappa shape index (κ3) is 4.19. The van der Waals surface area contributed by atoms with Gasteiger partial charge >= 0.3 is 0 Å². The standard InChI is InChI=1S/C22H26N4O/c1-16-4-7-18(8-5-16)21(26-10-2-3-11-26)15-23-22(27)13-17-6-9-20-19(12-17)14-24-25-20/h4-9,12,14,21H,2-3,10-11,13,15H2,1H3,(H,23,27)(H,24,25). The molecule has 0 aliphatic carbocycles. The van der Waals surface area contributed by atoms with Gasteiger partial charge < -0.3 is 5.32 Å². The first-order valence-electron chi connectivity index (χ1n) is 9.68. The lowest BCUT2D eigenvalue weighted by atomic mass is 10.0. The smallest absolute Gasteiger partial charge is 0.224 e. The van der Waals surface area contributed by atoms with Gasteiger partial charge in [-0.2, -0.15) is 5.10 Å². The molecule has 5 nitrogen and oxygen atoms in total. The number of H-pyrrole nitrogens is 1. The van der Waals surface area contributed by atoms with Crippen LogP contribution in [0.4, 0.5) is 0 Å². The zero-order valence-electron chi connectivity index (χ0n) is 15.7. The van der Waals surface area contributed by atoms with Crippen molar-refractivity contribution in [2.45, 2.75) is 32.2 Å². The second-order valence-electron chi connectivity index (χ2n) is 7.44. The second-order valence-corrected chi connectivity index (χ2v) is 7.44. The molecule has 1 fully saturated rings. The minimum absolute atomic E-state index is 0.0640. The number of benzene rings is 2. The molecule has 2 heterocycles. The van der Waals surface area contributed by atoms with Crippen LogP contribution in [0.15, 0.2) is 48.7 Å². The van der Waals surface area contributed by atoms with Gasteiger partial charge in [0.05, 0.1) is 24.2 Å². The van der Waals surface area contributed by atoms with E-state index in [1.54, 1.807) is 6.20 Å². The van der Waals surface area contributed by atoms with Gasteiger partial charge in [-0.15, -0.1) is 0 Å². The van der Waals surface area contributed by atoms with E-state index in [4.69, 9.17) is 0 Å². The van der Waals surface area contributed by atoms with Crippen molar-refractivity contribution in [2.24, 2.45) is 0 Å². The summed E-state index contributed by atoms with van der Waals surface area (Å²) in [6.45, 7) is 4.96. The number of aryl methyl sites for hydroxylation is 1. The fourth-order valence-corrected chi connectivity index (χ4v) is 3.86. The van der Waals surface area contributed by atoms with Gasteiger partial charge in [0.1, 0.15) is 0 Å². The Morgan fingerprint density at radius 3 is 2.74 bits per heavy atom. The molecule has 0 saturated carbocycles. The van der Waals surface area contributed by atoms with Crippen LogP contribution < -0.4 is 5.32 Å². The Hall–Kier alpha value is -2.66. The Kier molecular flexibility index (Phi) is 5.21. The van der Waals surface area contributed by atoms with Crippen molar-refractivity contribution in [1.82, 2.24) is 20.4 Å². The molecule has 3 aromatic rings. The average Bonchev–Trinajstić information content (AvgIpc) is 3.35. The number of likely N-dealkylation sites (tertiary alicyclic amines) is 1. The Bertz CT molecular complexity index is 909. The summed E-state index contributed by atoms with van der Waals surface area (Å²) in [5, 5.41) is 11.2. The highest BCUT2D eigenvalue weighted by atomic mass is 16.1. The summed E-state index contributed by atoms with van der Waals surface area (Å²) in [4.78, 5) is 15.0. The Morgan fingerprint density at radius 1 is 1.19 bits per heavy atom. The van der Waals surface area contributed by atoms with Gasteiger partial charge in [-0.3, -0.25) is 14.8 Å². The molecule has 1 aromatic heterocycles. The Balaban J connectivity index is 1.41. The van der Waals surface area contributed by atoms with Crippen molar-refractivity contribution in [2.75, 3.05) is 19.6 Å². The molecule has 1 aliphatic heterocycles. The maximum atomic E-state index is 12.5. The lowest BCUT2D eigenvalue weighted by molar-refractivity contribution is -0.120. The molecule has 2 aromatic carbocycles. The first kappa shape index (κ1) is 17.7. The Labute approximate surface area is 159 Å². The van der Waals surface area contributed by atoms with Crippen LogP contribution in [0.1, 0.15) is 35.6 Å². The maximum Gasteiger partial charge on any atom is 0.224 e. The summed E-state index contributed by atoms with van der Waals surface area (Å²) in [6.07, 6.45) is 4.65. The van der Waals surface area contributed by atoms with Crippen LogP contribution >= 0.6 is 0 Å². The molecule has 1 saturated heterocycles. The minimum Gasteiger partial charge on any atom is -0.354 e. The highest BCUT2D eigenvalue weighted by molar-refractivity contribution is 5.82. The average molecular weight is 362 g/mol. The number of carbonyl (C=O) groups excluding carboxylic acids is 1. The number of rotatable bonds is 6. The van der Waals surface area contributed by atoms with Crippen LogP contribution in [0, 0.1) is 6.92 Å². The molecule has 1 aliphatic rings. The summed E-state index contributed by atoms with van der Waals surface area (Å²) < 4.78 is 0. The fourth-order valence-electron chi connectivity index (χ4n) is 3.86. The number of hydrogen-bond donors (Lipinski definition) is 2. The summed E-state index contributed by atoms with van der Waals surface area (Å²) >= 11 is 0. The van der Waals surface area contributed by atoms with E-state index in [9.17, 15) is 4.79 Å². The summed E-state index contributed by atoms with van der Waals surface area (Å²) in [7, 11) is 0. The SMILES string of the molecule is Cc1ccc(C(CNC(=O)Cc2ccc3[nH]ncc3c2)N2CCCC2)cc1. The van der Waals surface area contributed by atoms with E-state index in [1.165, 1.54) is 24.0 Å². The van der Waals surface area contributed by atoms with Crippen molar-refractivity contribution in [3.63, 3.8) is 0 Å². The molecule has 27 heavy (non-hydrogen) atoms. The molecular formula is C22H26N4O. The molecule has 1 atom stereocenters. The van der Waals surface area contributed by atoms with Gasteiger partial charge in [-0.05, 0) is 56.1 Å².